The molecule has 0 unspecified atom stereocenters. The van der Waals surface area contributed by atoms with E-state index >= 15 is 0 Å². The monoisotopic (exact) mass is 318 g/mol. The Morgan fingerprint density at radius 1 is 1.30 bits per heavy atom. The van der Waals surface area contributed by atoms with Crippen LogP contribution < -0.4 is 5.32 Å². The Morgan fingerprint density at radius 2 is 1.96 bits per heavy atom. The summed E-state index contributed by atoms with van der Waals surface area (Å²) in [6.07, 6.45) is 0.760. The van der Waals surface area contributed by atoms with Crippen LogP contribution in [0.4, 0.5) is 4.79 Å². The molecular weight excluding hydrogens is 288 g/mol. The lowest BCUT2D eigenvalue weighted by atomic mass is 9.92. The topological polar surface area (TPSA) is 41.6 Å². The molecule has 1 amide bonds. The number of benzene rings is 1. The van der Waals surface area contributed by atoms with Gasteiger partial charge in [0.1, 0.15) is 5.60 Å². The fourth-order valence-electron chi connectivity index (χ4n) is 3.04. The van der Waals surface area contributed by atoms with Gasteiger partial charge in [0.05, 0.1) is 0 Å². The molecule has 1 fully saturated rings. The Kier molecular flexibility index (Phi) is 5.69. The number of carbonyl (C=O) groups is 1. The summed E-state index contributed by atoms with van der Waals surface area (Å²) >= 11 is 0. The van der Waals surface area contributed by atoms with Crippen LogP contribution in [-0.4, -0.2) is 35.7 Å². The Balaban J connectivity index is 1.88. The minimum Gasteiger partial charge on any atom is -0.444 e. The molecule has 0 bridgehead atoms. The second kappa shape index (κ2) is 7.35. The maximum Gasteiger partial charge on any atom is 0.410 e. The molecule has 4 nitrogen and oxygen atoms in total. The van der Waals surface area contributed by atoms with Crippen molar-refractivity contribution in [3.8, 4) is 0 Å². The zero-order valence-electron chi connectivity index (χ0n) is 15.0. The lowest BCUT2D eigenvalue weighted by Crippen LogP contribution is -2.51. The number of ether oxygens (including phenoxy) is 1. The van der Waals surface area contributed by atoms with Crippen LogP contribution in [0, 0.1) is 5.92 Å². The first-order valence-electron chi connectivity index (χ1n) is 8.55. The van der Waals surface area contributed by atoms with Crippen LogP contribution in [-0.2, 0) is 4.74 Å². The summed E-state index contributed by atoms with van der Waals surface area (Å²) in [6.45, 7) is 11.6. The number of hydrogen-bond donors (Lipinski definition) is 1. The maximum absolute atomic E-state index is 12.2. The fourth-order valence-corrected chi connectivity index (χ4v) is 3.04. The standard InChI is InChI=1S/C19H30N2O2/c1-14-13-21(18(22)23-19(3,4)5)12-11-17(14)20-15(2)16-9-7-6-8-10-16/h6-10,14-15,17,20H,11-13H2,1-5H3/t14-,15-,17-/m1/s1. The average molecular weight is 318 g/mol. The van der Waals surface area contributed by atoms with Gasteiger partial charge in [-0.15, -0.1) is 0 Å². The highest BCUT2D eigenvalue weighted by molar-refractivity contribution is 5.68. The average Bonchev–Trinajstić information content (AvgIpc) is 2.48. The van der Waals surface area contributed by atoms with E-state index in [1.807, 2.05) is 31.7 Å². The Morgan fingerprint density at radius 3 is 2.52 bits per heavy atom. The molecule has 128 valence electrons. The van der Waals surface area contributed by atoms with Gasteiger partial charge in [-0.25, -0.2) is 4.79 Å². The summed E-state index contributed by atoms with van der Waals surface area (Å²) in [5.74, 6) is 0.405. The molecule has 1 heterocycles. The number of likely N-dealkylation sites (tertiary alicyclic amines) is 1. The Labute approximate surface area is 140 Å². The zero-order chi connectivity index (χ0) is 17.0. The van der Waals surface area contributed by atoms with Crippen LogP contribution in [0.1, 0.15) is 52.6 Å². The van der Waals surface area contributed by atoms with Gasteiger partial charge in [-0.05, 0) is 45.6 Å². The van der Waals surface area contributed by atoms with E-state index in [9.17, 15) is 4.79 Å². The Bertz CT molecular complexity index is 510. The number of amides is 1. The van der Waals surface area contributed by atoms with Gasteiger partial charge >= 0.3 is 6.09 Å². The molecule has 3 atom stereocenters. The molecule has 2 rings (SSSR count). The third-order valence-electron chi connectivity index (χ3n) is 4.32. The number of rotatable bonds is 3. The van der Waals surface area contributed by atoms with Crippen molar-refractivity contribution in [1.82, 2.24) is 10.2 Å². The fraction of sp³-hybridized carbons (Fsp3) is 0.632. The van der Waals surface area contributed by atoms with Crippen molar-refractivity contribution in [3.05, 3.63) is 35.9 Å². The molecule has 4 heteroatoms. The van der Waals surface area contributed by atoms with E-state index in [4.69, 9.17) is 4.74 Å². The van der Waals surface area contributed by atoms with E-state index in [1.165, 1.54) is 5.56 Å². The van der Waals surface area contributed by atoms with E-state index in [2.05, 4.69) is 43.4 Å². The third kappa shape index (κ3) is 5.24. The summed E-state index contributed by atoms with van der Waals surface area (Å²) in [5, 5.41) is 3.71. The lowest BCUT2D eigenvalue weighted by Gasteiger charge is -2.39. The van der Waals surface area contributed by atoms with Gasteiger partial charge in [0.15, 0.2) is 0 Å². The molecule has 1 aliphatic rings. The van der Waals surface area contributed by atoms with Gasteiger partial charge < -0.3 is 15.0 Å². The van der Waals surface area contributed by atoms with Crippen molar-refractivity contribution < 1.29 is 9.53 Å². The lowest BCUT2D eigenvalue weighted by molar-refractivity contribution is 0.0139. The van der Waals surface area contributed by atoms with Crippen LogP contribution in [0.15, 0.2) is 30.3 Å². The van der Waals surface area contributed by atoms with Gasteiger partial charge in [0, 0.05) is 25.2 Å². The molecule has 0 aliphatic carbocycles. The largest absolute Gasteiger partial charge is 0.444 e. The smallest absolute Gasteiger partial charge is 0.410 e. The molecule has 23 heavy (non-hydrogen) atoms. The van der Waals surface area contributed by atoms with Crippen molar-refractivity contribution in [3.63, 3.8) is 0 Å². The van der Waals surface area contributed by atoms with E-state index in [0.29, 0.717) is 18.0 Å². The van der Waals surface area contributed by atoms with E-state index in [0.717, 1.165) is 19.5 Å². The van der Waals surface area contributed by atoms with Crippen molar-refractivity contribution in [1.29, 1.82) is 0 Å². The number of piperidine rings is 1. The van der Waals surface area contributed by atoms with Crippen molar-refractivity contribution in [2.75, 3.05) is 13.1 Å². The normalized spacial score (nSPS) is 23.4. The molecule has 0 saturated carbocycles. The molecule has 0 radical (unpaired) electrons. The first-order chi connectivity index (χ1) is 10.8. The van der Waals surface area contributed by atoms with Gasteiger partial charge in [-0.2, -0.15) is 0 Å². The molecule has 1 aromatic rings. The van der Waals surface area contributed by atoms with E-state index in [1.54, 1.807) is 0 Å². The minimum absolute atomic E-state index is 0.195. The highest BCUT2D eigenvalue weighted by atomic mass is 16.6. The molecule has 0 aromatic heterocycles. The highest BCUT2D eigenvalue weighted by Gasteiger charge is 2.31. The number of hydrogen-bond acceptors (Lipinski definition) is 3. The number of nitrogens with one attached hydrogen (secondary N) is 1. The Hall–Kier alpha value is -1.55. The van der Waals surface area contributed by atoms with Gasteiger partial charge in [-0.1, -0.05) is 37.3 Å². The van der Waals surface area contributed by atoms with Crippen molar-refractivity contribution in [2.45, 2.75) is 58.7 Å². The molecule has 0 spiro atoms. The van der Waals surface area contributed by atoms with Crippen LogP contribution in [0.2, 0.25) is 0 Å². The quantitative estimate of drug-likeness (QED) is 0.916. The molecule has 1 aliphatic heterocycles. The molecule has 1 N–H and O–H groups in total. The zero-order valence-corrected chi connectivity index (χ0v) is 15.0. The first-order valence-corrected chi connectivity index (χ1v) is 8.55. The second-order valence-corrected chi connectivity index (χ2v) is 7.60. The second-order valence-electron chi connectivity index (χ2n) is 7.60. The van der Waals surface area contributed by atoms with E-state index < -0.39 is 5.60 Å². The highest BCUT2D eigenvalue weighted by Crippen LogP contribution is 2.22. The summed E-state index contributed by atoms with van der Waals surface area (Å²) in [4.78, 5) is 14.0. The van der Waals surface area contributed by atoms with Crippen LogP contribution >= 0.6 is 0 Å². The SMILES string of the molecule is C[C@@H]1CN(C(=O)OC(C)(C)C)CC[C@H]1N[C@H](C)c1ccccc1. The van der Waals surface area contributed by atoms with Gasteiger partial charge in [0.2, 0.25) is 0 Å². The first kappa shape index (κ1) is 17.8. The van der Waals surface area contributed by atoms with Gasteiger partial charge in [-0.3, -0.25) is 0 Å². The minimum atomic E-state index is -0.433. The van der Waals surface area contributed by atoms with Crippen molar-refractivity contribution in [2.24, 2.45) is 5.92 Å². The summed E-state index contributed by atoms with van der Waals surface area (Å²) in [7, 11) is 0. The van der Waals surface area contributed by atoms with Crippen LogP contribution in [0.25, 0.3) is 0 Å². The van der Waals surface area contributed by atoms with Gasteiger partial charge in [0.25, 0.3) is 0 Å². The van der Waals surface area contributed by atoms with Crippen molar-refractivity contribution >= 4 is 6.09 Å². The van der Waals surface area contributed by atoms with Crippen LogP contribution in [0.5, 0.6) is 0 Å². The van der Waals surface area contributed by atoms with Crippen LogP contribution in [0.3, 0.4) is 0 Å². The third-order valence-corrected chi connectivity index (χ3v) is 4.32. The maximum atomic E-state index is 12.2. The molecule has 1 saturated heterocycles. The predicted octanol–water partition coefficient (Wildman–Crippen LogP) is 3.98. The predicted molar refractivity (Wildman–Crippen MR) is 93.4 cm³/mol. The van der Waals surface area contributed by atoms with E-state index in [-0.39, 0.29) is 6.09 Å². The molecular formula is C19H30N2O2. The number of carbonyl (C=O) groups excluding carboxylic acids is 1. The number of nitrogens with zero attached hydrogens (tertiary/aromatic N) is 1. The summed E-state index contributed by atoms with van der Waals surface area (Å²) < 4.78 is 5.48. The summed E-state index contributed by atoms with van der Waals surface area (Å²) in [6, 6.07) is 11.2. The molecule has 1 aromatic carbocycles. The summed E-state index contributed by atoms with van der Waals surface area (Å²) in [5.41, 5.74) is 0.867.